The molecule has 0 amide bonds. The SMILES string of the molecule is Cc1[nH]c2ccc(S(=O)(=O)[O-])cc2c1CC[NH3+]. The number of aromatic nitrogens is 1. The molecule has 5 nitrogen and oxygen atoms in total. The Labute approximate surface area is 99.4 Å². The molecule has 2 rings (SSSR count). The lowest BCUT2D eigenvalue weighted by Crippen LogP contribution is -2.51. The van der Waals surface area contributed by atoms with Gasteiger partial charge >= 0.3 is 0 Å². The smallest absolute Gasteiger partial charge is 0.124 e. The molecule has 0 saturated carbocycles. The summed E-state index contributed by atoms with van der Waals surface area (Å²) in [4.78, 5) is 2.98. The summed E-state index contributed by atoms with van der Waals surface area (Å²) in [6.45, 7) is 2.65. The number of H-pyrrole nitrogens is 1. The molecule has 0 atom stereocenters. The van der Waals surface area contributed by atoms with Gasteiger partial charge in [0.1, 0.15) is 10.1 Å². The molecule has 0 fully saturated rings. The van der Waals surface area contributed by atoms with Crippen molar-refractivity contribution in [2.45, 2.75) is 18.2 Å². The lowest BCUT2D eigenvalue weighted by molar-refractivity contribution is -0.366. The number of rotatable bonds is 3. The molecule has 0 aliphatic heterocycles. The minimum Gasteiger partial charge on any atom is -0.744 e. The highest BCUT2D eigenvalue weighted by atomic mass is 32.2. The summed E-state index contributed by atoms with van der Waals surface area (Å²) in [7, 11) is -4.40. The molecule has 1 aromatic heterocycles. The van der Waals surface area contributed by atoms with Gasteiger partial charge in [0.2, 0.25) is 0 Å². The van der Waals surface area contributed by atoms with Crippen molar-refractivity contribution in [3.8, 4) is 0 Å². The van der Waals surface area contributed by atoms with Crippen molar-refractivity contribution < 1.29 is 18.7 Å². The van der Waals surface area contributed by atoms with Crippen LogP contribution in [0.5, 0.6) is 0 Å². The maximum atomic E-state index is 11.0. The zero-order chi connectivity index (χ0) is 12.6. The van der Waals surface area contributed by atoms with Gasteiger partial charge in [0.25, 0.3) is 0 Å². The van der Waals surface area contributed by atoms with E-state index in [0.717, 1.165) is 35.1 Å². The number of hydrogen-bond donors (Lipinski definition) is 2. The molecule has 4 N–H and O–H groups in total. The summed E-state index contributed by atoms with van der Waals surface area (Å²) >= 11 is 0. The van der Waals surface area contributed by atoms with Crippen LogP contribution in [0.4, 0.5) is 0 Å². The normalized spacial score (nSPS) is 12.2. The van der Waals surface area contributed by atoms with Gasteiger partial charge in [-0.1, -0.05) is 0 Å². The summed E-state index contributed by atoms with van der Waals surface area (Å²) < 4.78 is 32.9. The fraction of sp³-hybridized carbons (Fsp3) is 0.273. The van der Waals surface area contributed by atoms with Gasteiger partial charge in [0.05, 0.1) is 11.4 Å². The summed E-state index contributed by atoms with van der Waals surface area (Å²) in [6, 6.07) is 4.39. The van der Waals surface area contributed by atoms with Crippen LogP contribution in [0, 0.1) is 6.92 Å². The standard InChI is InChI=1S/C11H14N2O3S/c1-7-9(4-5-12)10-6-8(17(14,15)16)2-3-11(10)13-7/h2-3,6,13H,4-5,12H2,1H3,(H,14,15,16). The number of benzene rings is 1. The van der Waals surface area contributed by atoms with Crippen molar-refractivity contribution in [1.29, 1.82) is 0 Å². The predicted molar refractivity (Wildman–Crippen MR) is 62.5 cm³/mol. The third-order valence-corrected chi connectivity index (χ3v) is 3.64. The molecule has 0 spiro atoms. The van der Waals surface area contributed by atoms with Crippen molar-refractivity contribution in [2.24, 2.45) is 0 Å². The van der Waals surface area contributed by atoms with Crippen molar-refractivity contribution in [3.63, 3.8) is 0 Å². The van der Waals surface area contributed by atoms with Crippen LogP contribution in [0.2, 0.25) is 0 Å². The lowest BCUT2D eigenvalue weighted by Gasteiger charge is -2.07. The first-order valence-electron chi connectivity index (χ1n) is 5.30. The minimum atomic E-state index is -4.40. The molecule has 0 saturated heterocycles. The Morgan fingerprint density at radius 2 is 2.12 bits per heavy atom. The second kappa shape index (κ2) is 4.14. The molecule has 92 valence electrons. The van der Waals surface area contributed by atoms with Gasteiger partial charge in [-0.05, 0) is 30.7 Å². The topological polar surface area (TPSA) is 101 Å². The molecule has 2 aromatic rings. The van der Waals surface area contributed by atoms with Crippen LogP contribution >= 0.6 is 0 Å². The highest BCUT2D eigenvalue weighted by molar-refractivity contribution is 7.85. The molecule has 0 aliphatic carbocycles. The monoisotopic (exact) mass is 254 g/mol. The number of quaternary nitrogens is 1. The second-order valence-electron chi connectivity index (χ2n) is 3.99. The first-order chi connectivity index (χ1) is 7.93. The van der Waals surface area contributed by atoms with E-state index in [1.54, 1.807) is 6.07 Å². The Kier molecular flexibility index (Phi) is 2.94. The van der Waals surface area contributed by atoms with Crippen LogP contribution in [-0.2, 0) is 16.5 Å². The van der Waals surface area contributed by atoms with Gasteiger partial charge in [0, 0.05) is 23.0 Å². The highest BCUT2D eigenvalue weighted by Gasteiger charge is 2.10. The number of aromatic amines is 1. The van der Waals surface area contributed by atoms with Crippen LogP contribution in [0.1, 0.15) is 11.3 Å². The quantitative estimate of drug-likeness (QED) is 0.763. The van der Waals surface area contributed by atoms with Crippen molar-refractivity contribution in [3.05, 3.63) is 29.5 Å². The van der Waals surface area contributed by atoms with E-state index in [1.807, 2.05) is 6.92 Å². The van der Waals surface area contributed by atoms with E-state index >= 15 is 0 Å². The fourth-order valence-electron chi connectivity index (χ4n) is 2.02. The Morgan fingerprint density at radius 1 is 1.41 bits per heavy atom. The maximum Gasteiger partial charge on any atom is 0.124 e. The van der Waals surface area contributed by atoms with E-state index in [9.17, 15) is 13.0 Å². The molecule has 17 heavy (non-hydrogen) atoms. The molecule has 0 aliphatic rings. The van der Waals surface area contributed by atoms with E-state index in [2.05, 4.69) is 10.7 Å². The van der Waals surface area contributed by atoms with E-state index in [1.165, 1.54) is 12.1 Å². The van der Waals surface area contributed by atoms with E-state index in [4.69, 9.17) is 0 Å². The number of aryl methyl sites for hydroxylation is 1. The van der Waals surface area contributed by atoms with Crippen LogP contribution in [-0.4, -0.2) is 24.5 Å². The Hall–Kier alpha value is -1.37. The third-order valence-electron chi connectivity index (χ3n) is 2.81. The van der Waals surface area contributed by atoms with Crippen LogP contribution in [0.25, 0.3) is 10.9 Å². The molecule has 0 unspecified atom stereocenters. The highest BCUT2D eigenvalue weighted by Crippen LogP contribution is 2.25. The van der Waals surface area contributed by atoms with Crippen LogP contribution in [0.3, 0.4) is 0 Å². The lowest BCUT2D eigenvalue weighted by atomic mass is 10.1. The summed E-state index contributed by atoms with van der Waals surface area (Å²) in [5.41, 5.74) is 6.65. The van der Waals surface area contributed by atoms with Crippen molar-refractivity contribution in [2.75, 3.05) is 6.54 Å². The summed E-state index contributed by atoms with van der Waals surface area (Å²) in [5, 5.41) is 0.795. The third kappa shape index (κ3) is 2.19. The second-order valence-corrected chi connectivity index (χ2v) is 5.37. The number of hydrogen-bond acceptors (Lipinski definition) is 3. The fourth-order valence-corrected chi connectivity index (χ4v) is 2.51. The molecular weight excluding hydrogens is 240 g/mol. The van der Waals surface area contributed by atoms with Gasteiger partial charge in [-0.25, -0.2) is 8.42 Å². The van der Waals surface area contributed by atoms with Crippen molar-refractivity contribution >= 4 is 21.0 Å². The predicted octanol–water partition coefficient (Wildman–Crippen LogP) is 0.165. The Balaban J connectivity index is 2.70. The van der Waals surface area contributed by atoms with Gasteiger partial charge in [-0.2, -0.15) is 0 Å². The molecule has 1 heterocycles. The molecule has 0 bridgehead atoms. The Bertz CT molecular complexity index is 659. The van der Waals surface area contributed by atoms with Gasteiger partial charge < -0.3 is 15.3 Å². The average Bonchev–Trinajstić information content (AvgIpc) is 2.54. The maximum absolute atomic E-state index is 11.0. The van der Waals surface area contributed by atoms with Gasteiger partial charge in [-0.15, -0.1) is 0 Å². The molecule has 1 aromatic carbocycles. The summed E-state index contributed by atoms with van der Waals surface area (Å²) in [6.07, 6.45) is 0.758. The zero-order valence-corrected chi connectivity index (χ0v) is 10.3. The van der Waals surface area contributed by atoms with E-state index in [-0.39, 0.29) is 4.90 Å². The first-order valence-corrected chi connectivity index (χ1v) is 6.70. The first kappa shape index (κ1) is 12.1. The van der Waals surface area contributed by atoms with E-state index in [0.29, 0.717) is 0 Å². The zero-order valence-electron chi connectivity index (χ0n) is 9.49. The largest absolute Gasteiger partial charge is 0.744 e. The van der Waals surface area contributed by atoms with Crippen LogP contribution in [0.15, 0.2) is 23.1 Å². The Morgan fingerprint density at radius 3 is 2.71 bits per heavy atom. The van der Waals surface area contributed by atoms with Crippen LogP contribution < -0.4 is 5.73 Å². The van der Waals surface area contributed by atoms with E-state index < -0.39 is 10.1 Å². The molecule has 0 radical (unpaired) electrons. The van der Waals surface area contributed by atoms with Gasteiger partial charge in [-0.3, -0.25) is 0 Å². The van der Waals surface area contributed by atoms with Crippen molar-refractivity contribution in [1.82, 2.24) is 4.98 Å². The summed E-state index contributed by atoms with van der Waals surface area (Å²) in [5.74, 6) is 0. The average molecular weight is 254 g/mol. The molecule has 6 heteroatoms. The van der Waals surface area contributed by atoms with Gasteiger partial charge in [0.15, 0.2) is 0 Å². The molecular formula is C11H14N2O3S. The number of nitrogens with one attached hydrogen (secondary N) is 1. The number of fused-ring (bicyclic) bond motifs is 1. The minimum absolute atomic E-state index is 0.186.